The van der Waals surface area contributed by atoms with Crippen LogP contribution >= 0.6 is 0 Å². The van der Waals surface area contributed by atoms with Gasteiger partial charge in [-0.3, -0.25) is 14.4 Å². The minimum absolute atomic E-state index is 0.0894. The molecular weight excluding hydrogens is 889 g/mol. The number of ether oxygens (including phenoxy) is 3. The Hall–Kier alpha value is -3.41. The van der Waals surface area contributed by atoms with Gasteiger partial charge in [-0.15, -0.1) is 0 Å². The van der Waals surface area contributed by atoms with E-state index in [0.717, 1.165) is 109 Å². The molecule has 0 aromatic heterocycles. The Bertz CT molecular complexity index is 1380. The number of hydrogen-bond acceptors (Lipinski definition) is 6. The van der Waals surface area contributed by atoms with Gasteiger partial charge in [0.25, 0.3) is 0 Å². The highest BCUT2D eigenvalue weighted by atomic mass is 16.6. The minimum Gasteiger partial charge on any atom is -0.462 e. The van der Waals surface area contributed by atoms with Crippen molar-refractivity contribution in [3.63, 3.8) is 0 Å². The summed E-state index contributed by atoms with van der Waals surface area (Å²) < 4.78 is 16.9. The lowest BCUT2D eigenvalue weighted by Crippen LogP contribution is -2.30. The fraction of sp³-hybridized carbons (Fsp3) is 0.742. The number of hydrogen-bond donors (Lipinski definition) is 0. The Morgan fingerprint density at radius 1 is 0.278 bits per heavy atom. The summed E-state index contributed by atoms with van der Waals surface area (Å²) in [6.45, 7) is 6.56. The van der Waals surface area contributed by atoms with Gasteiger partial charge in [0.05, 0.1) is 0 Å². The van der Waals surface area contributed by atoms with Crippen molar-refractivity contribution in [3.05, 3.63) is 85.1 Å². The van der Waals surface area contributed by atoms with Crippen LogP contribution in [0.2, 0.25) is 0 Å². The first kappa shape index (κ1) is 68.6. The third-order valence-electron chi connectivity index (χ3n) is 13.1. The maximum atomic E-state index is 12.9. The van der Waals surface area contributed by atoms with Gasteiger partial charge >= 0.3 is 17.9 Å². The highest BCUT2D eigenvalue weighted by Gasteiger charge is 2.19. The molecule has 0 radical (unpaired) electrons. The van der Waals surface area contributed by atoms with Crippen molar-refractivity contribution in [1.29, 1.82) is 0 Å². The molecule has 0 amide bonds. The van der Waals surface area contributed by atoms with Crippen LogP contribution in [-0.4, -0.2) is 37.2 Å². The number of rotatable bonds is 55. The first-order valence-corrected chi connectivity index (χ1v) is 30.6. The molecule has 6 heteroatoms. The lowest BCUT2D eigenvalue weighted by molar-refractivity contribution is -0.167. The minimum atomic E-state index is -0.792. The fourth-order valence-electron chi connectivity index (χ4n) is 8.44. The molecule has 0 aliphatic carbocycles. The van der Waals surface area contributed by atoms with E-state index in [2.05, 4.69) is 106 Å². The number of esters is 3. The number of carbonyl (C=O) groups is 3. The van der Waals surface area contributed by atoms with Crippen LogP contribution in [-0.2, 0) is 28.6 Å². The molecule has 0 aromatic carbocycles. The predicted octanol–water partition coefficient (Wildman–Crippen LogP) is 20.7. The summed E-state index contributed by atoms with van der Waals surface area (Å²) >= 11 is 0. The summed E-state index contributed by atoms with van der Waals surface area (Å²) in [5, 5.41) is 0. The monoisotopic (exact) mass is 1000 g/mol. The molecule has 6 nitrogen and oxygen atoms in total. The van der Waals surface area contributed by atoms with Crippen LogP contribution in [0.4, 0.5) is 0 Å². The molecule has 0 aliphatic rings. The van der Waals surface area contributed by atoms with Crippen LogP contribution < -0.4 is 0 Å². The van der Waals surface area contributed by atoms with E-state index in [4.69, 9.17) is 14.2 Å². The van der Waals surface area contributed by atoms with Gasteiger partial charge in [0.2, 0.25) is 0 Å². The Morgan fingerprint density at radius 2 is 0.514 bits per heavy atom. The van der Waals surface area contributed by atoms with Crippen LogP contribution in [0.3, 0.4) is 0 Å². The molecule has 0 saturated carbocycles. The topological polar surface area (TPSA) is 78.9 Å². The lowest BCUT2D eigenvalue weighted by atomic mass is 10.1. The molecule has 0 spiro atoms. The highest BCUT2D eigenvalue weighted by Crippen LogP contribution is 2.15. The Kier molecular flexibility index (Phi) is 57.3. The van der Waals surface area contributed by atoms with E-state index in [9.17, 15) is 14.4 Å². The molecule has 0 rings (SSSR count). The van der Waals surface area contributed by atoms with E-state index in [1.54, 1.807) is 0 Å². The SMILES string of the molecule is CCCC/C=C\C/C=C\CCCCCCCC(=O)OCC(COC(=O)CCCCCCCC/C=C\C/C=C\C/C=C\CCCCCCC)OC(=O)CCCCCCCCCCC/C=C\C/C=C\CCCCC. The maximum Gasteiger partial charge on any atom is 0.306 e. The Balaban J connectivity index is 4.41. The molecule has 1 atom stereocenters. The Labute approximate surface area is 445 Å². The molecule has 0 saturated heterocycles. The molecule has 0 aliphatic heterocycles. The molecule has 0 N–H and O–H groups in total. The second-order valence-corrected chi connectivity index (χ2v) is 20.2. The zero-order valence-corrected chi connectivity index (χ0v) is 47.4. The largest absolute Gasteiger partial charge is 0.462 e. The summed E-state index contributed by atoms with van der Waals surface area (Å²) in [7, 11) is 0. The summed E-state index contributed by atoms with van der Waals surface area (Å²) in [6.07, 6.45) is 78.6. The number of carbonyl (C=O) groups excluding carboxylic acids is 3. The van der Waals surface area contributed by atoms with Crippen LogP contribution in [0.25, 0.3) is 0 Å². The van der Waals surface area contributed by atoms with Crippen molar-refractivity contribution < 1.29 is 28.6 Å². The first-order chi connectivity index (χ1) is 35.5. The Morgan fingerprint density at radius 3 is 0.847 bits per heavy atom. The van der Waals surface area contributed by atoms with Gasteiger partial charge in [-0.25, -0.2) is 0 Å². The lowest BCUT2D eigenvalue weighted by Gasteiger charge is -2.18. The van der Waals surface area contributed by atoms with Crippen molar-refractivity contribution in [2.75, 3.05) is 13.2 Å². The third kappa shape index (κ3) is 57.5. The second kappa shape index (κ2) is 60.1. The number of allylic oxidation sites excluding steroid dienone is 14. The molecule has 0 fully saturated rings. The van der Waals surface area contributed by atoms with Crippen LogP contribution in [0.1, 0.15) is 297 Å². The predicted molar refractivity (Wildman–Crippen MR) is 311 cm³/mol. The van der Waals surface area contributed by atoms with Crippen molar-refractivity contribution in [2.24, 2.45) is 0 Å². The molecule has 72 heavy (non-hydrogen) atoms. The van der Waals surface area contributed by atoms with Crippen LogP contribution in [0, 0.1) is 0 Å². The van der Waals surface area contributed by atoms with Gasteiger partial charge in [-0.1, -0.05) is 247 Å². The summed E-state index contributed by atoms with van der Waals surface area (Å²) in [4.78, 5) is 38.2. The van der Waals surface area contributed by atoms with E-state index < -0.39 is 6.10 Å². The zero-order valence-electron chi connectivity index (χ0n) is 47.4. The average molecular weight is 1000 g/mol. The average Bonchev–Trinajstić information content (AvgIpc) is 3.38. The smallest absolute Gasteiger partial charge is 0.306 e. The molecule has 0 heterocycles. The number of unbranched alkanes of at least 4 members (excludes halogenated alkanes) is 30. The zero-order chi connectivity index (χ0) is 52.2. The summed E-state index contributed by atoms with van der Waals surface area (Å²) in [6, 6.07) is 0. The maximum absolute atomic E-state index is 12.9. The summed E-state index contributed by atoms with van der Waals surface area (Å²) in [5.74, 6) is -0.911. The van der Waals surface area contributed by atoms with E-state index in [1.807, 2.05) is 0 Å². The normalized spacial score (nSPS) is 12.7. The van der Waals surface area contributed by atoms with Gasteiger partial charge in [0.15, 0.2) is 6.10 Å². The second-order valence-electron chi connectivity index (χ2n) is 20.2. The van der Waals surface area contributed by atoms with Crippen molar-refractivity contribution >= 4 is 17.9 Å². The van der Waals surface area contributed by atoms with Crippen molar-refractivity contribution in [2.45, 2.75) is 303 Å². The standard InChI is InChI=1S/C66H114O6/c1-4-7-10-13-16-19-22-25-28-30-32-33-35-36-38-41-44-47-50-53-56-59-65(68)71-62-63(61-70-64(67)58-55-52-49-46-43-40-27-24-21-18-15-12-9-6-3)72-66(69)60-57-54-51-48-45-42-39-37-34-31-29-26-23-20-17-14-11-8-5-2/h15,17-18,20,22,24-27,29-30,32,35-36,63H,4-14,16,19,21,23,28,31,33-34,37-62H2,1-3H3/b18-15-,20-17-,25-22-,27-24-,29-26-,32-30-,36-35-. The van der Waals surface area contributed by atoms with E-state index in [0.29, 0.717) is 19.3 Å². The van der Waals surface area contributed by atoms with E-state index in [-0.39, 0.29) is 31.1 Å². The van der Waals surface area contributed by atoms with Gasteiger partial charge in [0.1, 0.15) is 13.2 Å². The van der Waals surface area contributed by atoms with Crippen LogP contribution in [0.5, 0.6) is 0 Å². The van der Waals surface area contributed by atoms with Crippen LogP contribution in [0.15, 0.2) is 85.1 Å². The van der Waals surface area contributed by atoms with Crippen molar-refractivity contribution in [1.82, 2.24) is 0 Å². The fourth-order valence-corrected chi connectivity index (χ4v) is 8.44. The molecule has 0 aromatic rings. The highest BCUT2D eigenvalue weighted by molar-refractivity contribution is 5.71. The van der Waals surface area contributed by atoms with E-state index >= 15 is 0 Å². The van der Waals surface area contributed by atoms with Gasteiger partial charge in [-0.2, -0.15) is 0 Å². The molecule has 414 valence electrons. The van der Waals surface area contributed by atoms with Gasteiger partial charge in [0, 0.05) is 19.3 Å². The van der Waals surface area contributed by atoms with Gasteiger partial charge in [-0.05, 0) is 116 Å². The van der Waals surface area contributed by atoms with Gasteiger partial charge < -0.3 is 14.2 Å². The molecule has 0 bridgehead atoms. The van der Waals surface area contributed by atoms with E-state index in [1.165, 1.54) is 148 Å². The van der Waals surface area contributed by atoms with Crippen molar-refractivity contribution in [3.8, 4) is 0 Å². The first-order valence-electron chi connectivity index (χ1n) is 30.6. The summed E-state index contributed by atoms with van der Waals surface area (Å²) in [5.41, 5.74) is 0. The quantitative estimate of drug-likeness (QED) is 0.0261. The molecular formula is C66H114O6. The molecule has 1 unspecified atom stereocenters. The third-order valence-corrected chi connectivity index (χ3v) is 13.1.